The molecule has 1 unspecified atom stereocenters. The lowest BCUT2D eigenvalue weighted by atomic mass is 10.0. The lowest BCUT2D eigenvalue weighted by Crippen LogP contribution is -2.15. The van der Waals surface area contributed by atoms with Crippen LogP contribution in [0.1, 0.15) is 18.0 Å². The van der Waals surface area contributed by atoms with Crippen LogP contribution in [0.5, 0.6) is 11.5 Å². The SMILES string of the molecule is COc1c(Cl)cc(C(N)CC(=O)O)c(O)c1F. The van der Waals surface area contributed by atoms with Gasteiger partial charge in [-0.05, 0) is 6.07 Å². The molecule has 0 aliphatic rings. The molecular weight excluding hydrogens is 253 g/mol. The first-order chi connectivity index (χ1) is 7.88. The molecule has 7 heteroatoms. The summed E-state index contributed by atoms with van der Waals surface area (Å²) in [6.45, 7) is 0. The van der Waals surface area contributed by atoms with Crippen LogP contribution in [0.2, 0.25) is 5.02 Å². The zero-order chi connectivity index (χ0) is 13.2. The van der Waals surface area contributed by atoms with E-state index in [0.29, 0.717) is 0 Å². The van der Waals surface area contributed by atoms with Gasteiger partial charge in [0.15, 0.2) is 11.5 Å². The molecule has 0 aromatic heterocycles. The molecule has 0 aliphatic heterocycles. The number of rotatable bonds is 4. The van der Waals surface area contributed by atoms with Crippen molar-refractivity contribution in [1.29, 1.82) is 0 Å². The number of aliphatic carboxylic acids is 1. The largest absolute Gasteiger partial charge is 0.504 e. The fraction of sp³-hybridized carbons (Fsp3) is 0.300. The first-order valence-corrected chi connectivity index (χ1v) is 4.98. The normalized spacial score (nSPS) is 12.2. The van der Waals surface area contributed by atoms with Gasteiger partial charge in [0.2, 0.25) is 5.82 Å². The second-order valence-corrected chi connectivity index (χ2v) is 3.76. The van der Waals surface area contributed by atoms with Crippen molar-refractivity contribution < 1.29 is 24.1 Å². The molecule has 0 fully saturated rings. The molecule has 94 valence electrons. The van der Waals surface area contributed by atoms with E-state index in [2.05, 4.69) is 4.74 Å². The van der Waals surface area contributed by atoms with Crippen LogP contribution in [0.25, 0.3) is 0 Å². The summed E-state index contributed by atoms with van der Waals surface area (Å²) in [5.74, 6) is -3.28. The van der Waals surface area contributed by atoms with Crippen molar-refractivity contribution in [2.75, 3.05) is 7.11 Å². The zero-order valence-corrected chi connectivity index (χ0v) is 9.66. The van der Waals surface area contributed by atoms with Gasteiger partial charge in [-0.1, -0.05) is 11.6 Å². The van der Waals surface area contributed by atoms with Crippen molar-refractivity contribution in [1.82, 2.24) is 0 Å². The Morgan fingerprint density at radius 1 is 1.71 bits per heavy atom. The summed E-state index contributed by atoms with van der Waals surface area (Å²) in [5, 5.41) is 18.0. The van der Waals surface area contributed by atoms with E-state index in [4.69, 9.17) is 22.4 Å². The standard InChI is InChI=1S/C10H11ClFNO4/c1-17-10-5(11)2-4(9(16)8(10)12)6(13)3-7(14)15/h2,6,16H,3,13H2,1H3,(H,14,15). The molecule has 0 heterocycles. The minimum atomic E-state index is -1.16. The van der Waals surface area contributed by atoms with Gasteiger partial charge in [0.05, 0.1) is 18.6 Å². The van der Waals surface area contributed by atoms with Gasteiger partial charge in [0.25, 0.3) is 0 Å². The number of hydrogen-bond donors (Lipinski definition) is 3. The summed E-state index contributed by atoms with van der Waals surface area (Å²) in [7, 11) is 1.20. The van der Waals surface area contributed by atoms with E-state index in [1.54, 1.807) is 0 Å². The van der Waals surface area contributed by atoms with Crippen LogP contribution in [-0.2, 0) is 4.79 Å². The second-order valence-electron chi connectivity index (χ2n) is 3.35. The number of carboxylic acid groups (broad SMARTS) is 1. The van der Waals surface area contributed by atoms with E-state index in [1.807, 2.05) is 0 Å². The molecule has 1 aromatic carbocycles. The van der Waals surface area contributed by atoms with Crippen molar-refractivity contribution in [2.45, 2.75) is 12.5 Å². The number of benzene rings is 1. The smallest absolute Gasteiger partial charge is 0.305 e. The fourth-order valence-electron chi connectivity index (χ4n) is 1.38. The van der Waals surface area contributed by atoms with Crippen LogP contribution in [0.3, 0.4) is 0 Å². The maximum Gasteiger partial charge on any atom is 0.305 e. The Labute approximate surface area is 102 Å². The minimum absolute atomic E-state index is 0.0734. The Morgan fingerprint density at radius 2 is 2.29 bits per heavy atom. The summed E-state index contributed by atoms with van der Waals surface area (Å²) in [6.07, 6.45) is -0.449. The highest BCUT2D eigenvalue weighted by atomic mass is 35.5. The van der Waals surface area contributed by atoms with E-state index in [1.165, 1.54) is 13.2 Å². The third-order valence-electron chi connectivity index (χ3n) is 2.18. The monoisotopic (exact) mass is 263 g/mol. The predicted molar refractivity (Wildman–Crippen MR) is 58.8 cm³/mol. The molecule has 0 aliphatic carbocycles. The summed E-state index contributed by atoms with van der Waals surface area (Å²) >= 11 is 5.71. The molecular formula is C10H11ClFNO4. The van der Waals surface area contributed by atoms with Crippen LogP contribution in [0.4, 0.5) is 4.39 Å². The molecule has 0 bridgehead atoms. The van der Waals surface area contributed by atoms with Crippen molar-refractivity contribution in [3.63, 3.8) is 0 Å². The fourth-order valence-corrected chi connectivity index (χ4v) is 1.66. The maximum atomic E-state index is 13.6. The van der Waals surface area contributed by atoms with Crippen LogP contribution in [0, 0.1) is 5.82 Å². The topological polar surface area (TPSA) is 92.8 Å². The molecule has 0 saturated carbocycles. The van der Waals surface area contributed by atoms with E-state index < -0.39 is 30.0 Å². The summed E-state index contributed by atoms with van der Waals surface area (Å²) in [5.41, 5.74) is 5.45. The molecule has 0 spiro atoms. The average molecular weight is 264 g/mol. The van der Waals surface area contributed by atoms with Gasteiger partial charge >= 0.3 is 5.97 Å². The van der Waals surface area contributed by atoms with Crippen molar-refractivity contribution in [2.24, 2.45) is 5.73 Å². The Morgan fingerprint density at radius 3 is 2.76 bits per heavy atom. The Balaban J connectivity index is 3.22. The highest BCUT2D eigenvalue weighted by Crippen LogP contribution is 2.38. The number of phenols is 1. The van der Waals surface area contributed by atoms with Gasteiger partial charge in [0, 0.05) is 11.6 Å². The van der Waals surface area contributed by atoms with Gasteiger partial charge in [-0.15, -0.1) is 0 Å². The first-order valence-electron chi connectivity index (χ1n) is 4.60. The Kier molecular flexibility index (Phi) is 4.14. The number of carbonyl (C=O) groups is 1. The summed E-state index contributed by atoms with van der Waals surface area (Å²) in [4.78, 5) is 10.5. The number of aromatic hydroxyl groups is 1. The highest BCUT2D eigenvalue weighted by Gasteiger charge is 2.22. The van der Waals surface area contributed by atoms with Gasteiger partial charge in [-0.2, -0.15) is 4.39 Å². The van der Waals surface area contributed by atoms with E-state index in [9.17, 15) is 14.3 Å². The van der Waals surface area contributed by atoms with Crippen molar-refractivity contribution in [3.05, 3.63) is 22.5 Å². The molecule has 0 amide bonds. The molecule has 17 heavy (non-hydrogen) atoms. The number of hydrogen-bond acceptors (Lipinski definition) is 4. The quantitative estimate of drug-likeness (QED) is 0.768. The molecule has 0 radical (unpaired) electrons. The third kappa shape index (κ3) is 2.78. The van der Waals surface area contributed by atoms with E-state index >= 15 is 0 Å². The van der Waals surface area contributed by atoms with Crippen LogP contribution in [-0.4, -0.2) is 23.3 Å². The average Bonchev–Trinajstić information content (AvgIpc) is 2.23. The molecule has 1 atom stereocenters. The number of nitrogens with two attached hydrogens (primary N) is 1. The second kappa shape index (κ2) is 5.20. The van der Waals surface area contributed by atoms with Crippen LogP contribution < -0.4 is 10.5 Å². The zero-order valence-electron chi connectivity index (χ0n) is 8.91. The molecule has 0 saturated heterocycles. The lowest BCUT2D eigenvalue weighted by molar-refractivity contribution is -0.137. The summed E-state index contributed by atoms with van der Waals surface area (Å²) < 4.78 is 18.2. The third-order valence-corrected chi connectivity index (χ3v) is 2.46. The maximum absolute atomic E-state index is 13.6. The predicted octanol–water partition coefficient (Wildman–Crippen LogP) is 1.67. The highest BCUT2D eigenvalue weighted by molar-refractivity contribution is 6.32. The lowest BCUT2D eigenvalue weighted by Gasteiger charge is -2.14. The van der Waals surface area contributed by atoms with E-state index in [-0.39, 0.29) is 16.3 Å². The molecule has 4 N–H and O–H groups in total. The molecule has 5 nitrogen and oxygen atoms in total. The summed E-state index contributed by atoms with van der Waals surface area (Å²) in [6, 6.07) is 0.136. The van der Waals surface area contributed by atoms with Crippen molar-refractivity contribution in [3.8, 4) is 11.5 Å². The molecule has 1 rings (SSSR count). The van der Waals surface area contributed by atoms with E-state index in [0.717, 1.165) is 0 Å². The van der Waals surface area contributed by atoms with Crippen LogP contribution >= 0.6 is 11.6 Å². The number of ether oxygens (including phenoxy) is 1. The number of methoxy groups -OCH3 is 1. The number of carboxylic acids is 1. The van der Waals surface area contributed by atoms with Gasteiger partial charge in [-0.25, -0.2) is 0 Å². The molecule has 1 aromatic rings. The minimum Gasteiger partial charge on any atom is -0.504 e. The van der Waals surface area contributed by atoms with Crippen molar-refractivity contribution >= 4 is 17.6 Å². The first kappa shape index (κ1) is 13.5. The Bertz CT molecular complexity index is 452. The Hall–Kier alpha value is -1.53. The van der Waals surface area contributed by atoms with Gasteiger partial charge in [0.1, 0.15) is 0 Å². The number of phenolic OH excluding ortho intramolecular Hbond substituents is 1. The van der Waals surface area contributed by atoms with Gasteiger partial charge < -0.3 is 20.7 Å². The van der Waals surface area contributed by atoms with Gasteiger partial charge in [-0.3, -0.25) is 4.79 Å². The van der Waals surface area contributed by atoms with Crippen LogP contribution in [0.15, 0.2) is 6.07 Å². The number of halogens is 2.